The Hall–Kier alpha value is -0.960. The number of nitrogens with one attached hydrogen (secondary N) is 1. The van der Waals surface area contributed by atoms with Gasteiger partial charge < -0.3 is 5.32 Å². The Morgan fingerprint density at radius 1 is 1.10 bits per heavy atom. The van der Waals surface area contributed by atoms with Crippen LogP contribution in [0.1, 0.15) is 25.0 Å². The van der Waals surface area contributed by atoms with Crippen molar-refractivity contribution in [2.24, 2.45) is 5.92 Å². The van der Waals surface area contributed by atoms with Crippen LogP contribution in [-0.4, -0.2) is 6.54 Å². The molecular weight excluding hydrogens is 298 g/mol. The zero-order valence-corrected chi connectivity index (χ0v) is 14.4. The predicted molar refractivity (Wildman–Crippen MR) is 93.3 cm³/mol. The second kappa shape index (κ2) is 7.88. The third-order valence-corrected chi connectivity index (χ3v) is 4.64. The highest BCUT2D eigenvalue weighted by molar-refractivity contribution is 7.99. The lowest BCUT2D eigenvalue weighted by Crippen LogP contribution is -2.19. The van der Waals surface area contributed by atoms with E-state index < -0.39 is 0 Å². The molecule has 0 aliphatic heterocycles. The fourth-order valence-electron chi connectivity index (χ4n) is 2.03. The summed E-state index contributed by atoms with van der Waals surface area (Å²) in [6.45, 7) is 8.34. The third-order valence-electron chi connectivity index (χ3n) is 3.18. The van der Waals surface area contributed by atoms with E-state index >= 15 is 0 Å². The lowest BCUT2D eigenvalue weighted by Gasteiger charge is -2.13. The summed E-state index contributed by atoms with van der Waals surface area (Å²) in [5.74, 6) is 0.640. The molecule has 0 unspecified atom stereocenters. The van der Waals surface area contributed by atoms with Crippen molar-refractivity contribution in [3.63, 3.8) is 0 Å². The van der Waals surface area contributed by atoms with Crippen LogP contribution in [0, 0.1) is 12.8 Å². The maximum atomic E-state index is 6.38. The van der Waals surface area contributed by atoms with Crippen LogP contribution in [0.3, 0.4) is 0 Å². The smallest absolute Gasteiger partial charge is 0.0462 e. The second-order valence-electron chi connectivity index (χ2n) is 5.66. The minimum atomic E-state index is 0.640. The van der Waals surface area contributed by atoms with Gasteiger partial charge in [-0.1, -0.05) is 61.0 Å². The molecule has 0 spiro atoms. The molecule has 112 valence electrons. The molecule has 0 amide bonds. The Kier molecular flexibility index (Phi) is 6.16. The summed E-state index contributed by atoms with van der Waals surface area (Å²) in [5.41, 5.74) is 2.47. The molecule has 3 heteroatoms. The molecule has 0 saturated heterocycles. The molecule has 2 aromatic rings. The lowest BCUT2D eigenvalue weighted by atomic mass is 10.2. The van der Waals surface area contributed by atoms with Crippen molar-refractivity contribution < 1.29 is 0 Å². The van der Waals surface area contributed by atoms with Crippen molar-refractivity contribution in [3.8, 4) is 0 Å². The number of halogens is 1. The van der Waals surface area contributed by atoms with Gasteiger partial charge in [0.1, 0.15) is 0 Å². The molecule has 0 radical (unpaired) electrons. The Morgan fingerprint density at radius 2 is 1.81 bits per heavy atom. The van der Waals surface area contributed by atoms with Crippen molar-refractivity contribution in [3.05, 3.63) is 58.6 Å². The molecule has 1 nitrogen and oxygen atoms in total. The summed E-state index contributed by atoms with van der Waals surface area (Å²) in [4.78, 5) is 2.47. The first kappa shape index (κ1) is 16.4. The van der Waals surface area contributed by atoms with E-state index in [9.17, 15) is 0 Å². The van der Waals surface area contributed by atoms with Crippen LogP contribution in [0.25, 0.3) is 0 Å². The summed E-state index contributed by atoms with van der Waals surface area (Å²) in [6, 6.07) is 14.7. The van der Waals surface area contributed by atoms with E-state index in [0.717, 1.165) is 18.1 Å². The van der Waals surface area contributed by atoms with Crippen molar-refractivity contribution in [1.82, 2.24) is 5.32 Å². The number of aryl methyl sites for hydroxylation is 1. The summed E-state index contributed by atoms with van der Waals surface area (Å²) in [6.07, 6.45) is 0. The molecule has 0 aromatic heterocycles. The quantitative estimate of drug-likeness (QED) is 0.749. The van der Waals surface area contributed by atoms with Crippen molar-refractivity contribution >= 4 is 23.4 Å². The molecule has 0 saturated carbocycles. The van der Waals surface area contributed by atoms with Gasteiger partial charge in [0.25, 0.3) is 0 Å². The molecule has 2 aromatic carbocycles. The highest BCUT2D eigenvalue weighted by Crippen LogP contribution is 2.33. The molecule has 1 N–H and O–H groups in total. The summed E-state index contributed by atoms with van der Waals surface area (Å²) >= 11 is 8.15. The van der Waals surface area contributed by atoms with Crippen LogP contribution >= 0.6 is 23.4 Å². The summed E-state index contributed by atoms with van der Waals surface area (Å²) < 4.78 is 0. The summed E-state index contributed by atoms with van der Waals surface area (Å²) in [5, 5.41) is 4.32. The predicted octanol–water partition coefficient (Wildman–Crippen LogP) is 5.55. The Balaban J connectivity index is 2.14. The molecule has 0 aliphatic carbocycles. The van der Waals surface area contributed by atoms with Gasteiger partial charge in [-0.25, -0.2) is 0 Å². The zero-order chi connectivity index (χ0) is 15.2. The number of hydrogen-bond donors (Lipinski definition) is 1. The zero-order valence-electron chi connectivity index (χ0n) is 12.8. The van der Waals surface area contributed by atoms with Gasteiger partial charge in [-0.2, -0.15) is 0 Å². The van der Waals surface area contributed by atoms with Crippen LogP contribution in [0.2, 0.25) is 5.02 Å². The van der Waals surface area contributed by atoms with Crippen LogP contribution < -0.4 is 5.32 Å². The Labute approximate surface area is 137 Å². The molecule has 0 aliphatic rings. The lowest BCUT2D eigenvalue weighted by molar-refractivity contribution is 0.550. The molecule has 21 heavy (non-hydrogen) atoms. The molecular formula is C18H22ClNS. The van der Waals surface area contributed by atoms with Gasteiger partial charge in [0, 0.05) is 21.4 Å². The number of rotatable bonds is 6. The SMILES string of the molecule is Cc1ccc(Sc2cccc(Cl)c2CNCC(C)C)cc1. The van der Waals surface area contributed by atoms with Gasteiger partial charge in [-0.05, 0) is 49.2 Å². The number of benzene rings is 2. The number of hydrogen-bond acceptors (Lipinski definition) is 2. The maximum Gasteiger partial charge on any atom is 0.0462 e. The Bertz CT molecular complexity index is 578. The van der Waals surface area contributed by atoms with E-state index in [2.05, 4.69) is 56.4 Å². The molecule has 0 heterocycles. The van der Waals surface area contributed by atoms with E-state index in [0.29, 0.717) is 5.92 Å². The molecule has 0 atom stereocenters. The normalized spacial score (nSPS) is 11.1. The average Bonchev–Trinajstić information content (AvgIpc) is 2.44. The van der Waals surface area contributed by atoms with Crippen LogP contribution in [0.15, 0.2) is 52.3 Å². The van der Waals surface area contributed by atoms with Crippen LogP contribution in [-0.2, 0) is 6.54 Å². The third kappa shape index (κ3) is 5.06. The molecule has 0 bridgehead atoms. The average molecular weight is 320 g/mol. The fourth-order valence-corrected chi connectivity index (χ4v) is 3.30. The van der Waals surface area contributed by atoms with Gasteiger partial charge in [0.15, 0.2) is 0 Å². The van der Waals surface area contributed by atoms with Gasteiger partial charge in [0.2, 0.25) is 0 Å². The minimum Gasteiger partial charge on any atom is -0.312 e. The fraction of sp³-hybridized carbons (Fsp3) is 0.333. The first-order valence-corrected chi connectivity index (χ1v) is 8.48. The molecule has 0 fully saturated rings. The van der Waals surface area contributed by atoms with E-state index in [4.69, 9.17) is 11.6 Å². The summed E-state index contributed by atoms with van der Waals surface area (Å²) in [7, 11) is 0. The van der Waals surface area contributed by atoms with Gasteiger partial charge >= 0.3 is 0 Å². The van der Waals surface area contributed by atoms with Crippen molar-refractivity contribution in [1.29, 1.82) is 0 Å². The van der Waals surface area contributed by atoms with Crippen molar-refractivity contribution in [2.45, 2.75) is 37.1 Å². The molecule has 2 rings (SSSR count). The van der Waals surface area contributed by atoms with E-state index in [1.165, 1.54) is 20.9 Å². The Morgan fingerprint density at radius 3 is 2.48 bits per heavy atom. The van der Waals surface area contributed by atoms with Gasteiger partial charge in [-0.15, -0.1) is 0 Å². The largest absolute Gasteiger partial charge is 0.312 e. The topological polar surface area (TPSA) is 12.0 Å². The van der Waals surface area contributed by atoms with Crippen LogP contribution in [0.4, 0.5) is 0 Å². The van der Waals surface area contributed by atoms with Crippen molar-refractivity contribution in [2.75, 3.05) is 6.54 Å². The monoisotopic (exact) mass is 319 g/mol. The highest BCUT2D eigenvalue weighted by Gasteiger charge is 2.08. The maximum absolute atomic E-state index is 6.38. The van der Waals surface area contributed by atoms with E-state index in [1.54, 1.807) is 11.8 Å². The van der Waals surface area contributed by atoms with E-state index in [-0.39, 0.29) is 0 Å². The van der Waals surface area contributed by atoms with Gasteiger partial charge in [0.05, 0.1) is 0 Å². The van der Waals surface area contributed by atoms with Gasteiger partial charge in [-0.3, -0.25) is 0 Å². The van der Waals surface area contributed by atoms with Crippen LogP contribution in [0.5, 0.6) is 0 Å². The highest BCUT2D eigenvalue weighted by atomic mass is 35.5. The standard InChI is InChI=1S/C18H22ClNS/c1-13(2)11-20-12-16-17(19)5-4-6-18(16)21-15-9-7-14(3)8-10-15/h4-10,13,20H,11-12H2,1-3H3. The minimum absolute atomic E-state index is 0.640. The second-order valence-corrected chi connectivity index (χ2v) is 7.18. The van der Waals surface area contributed by atoms with E-state index in [1.807, 2.05) is 12.1 Å². The first-order valence-electron chi connectivity index (χ1n) is 7.29. The first-order chi connectivity index (χ1) is 10.1.